The molecule has 30 heavy (non-hydrogen) atoms. The summed E-state index contributed by atoms with van der Waals surface area (Å²) in [4.78, 5) is 31.3. The Bertz CT molecular complexity index is 976. The van der Waals surface area contributed by atoms with Crippen molar-refractivity contribution in [2.45, 2.75) is 64.5 Å². The first-order valence-electron chi connectivity index (χ1n) is 10.6. The number of ether oxygens (including phenoxy) is 1. The molecular formula is C24H29N3O3. The molecule has 1 aromatic carbocycles. The van der Waals surface area contributed by atoms with Gasteiger partial charge in [-0.25, -0.2) is 4.79 Å². The fraction of sp³-hybridized carbons (Fsp3) is 0.458. The molecule has 1 fully saturated rings. The highest BCUT2D eigenvalue weighted by Crippen LogP contribution is 2.40. The van der Waals surface area contributed by atoms with E-state index in [1.165, 1.54) is 24.0 Å². The Morgan fingerprint density at radius 3 is 2.63 bits per heavy atom. The highest BCUT2D eigenvalue weighted by molar-refractivity contribution is 6.04. The standard InChI is InChI=1S/C24H29N3O3/c1-15-13-27(23(29)30-24(2,3)4)14-19-9-17(7-8-21(15)19)22(28)26-20-10-18(11-25-12-20)16-5-6-16/h7-12,15-16H,5-6,13-14H2,1-4H3,(H,26,28). The fourth-order valence-corrected chi connectivity index (χ4v) is 3.90. The second-order valence-corrected chi connectivity index (χ2v) is 9.41. The van der Waals surface area contributed by atoms with Crippen LogP contribution in [0.15, 0.2) is 36.7 Å². The zero-order valence-corrected chi connectivity index (χ0v) is 18.1. The second-order valence-electron chi connectivity index (χ2n) is 9.41. The third-order valence-corrected chi connectivity index (χ3v) is 5.51. The van der Waals surface area contributed by atoms with Gasteiger partial charge in [-0.15, -0.1) is 0 Å². The lowest BCUT2D eigenvalue weighted by molar-refractivity contribution is 0.0209. The number of carbonyl (C=O) groups is 2. The molecule has 0 saturated heterocycles. The van der Waals surface area contributed by atoms with E-state index in [0.29, 0.717) is 30.3 Å². The molecule has 2 amide bonds. The van der Waals surface area contributed by atoms with E-state index in [2.05, 4.69) is 17.2 Å². The third kappa shape index (κ3) is 4.64. The molecule has 0 radical (unpaired) electrons. The van der Waals surface area contributed by atoms with Gasteiger partial charge in [0.15, 0.2) is 0 Å². The Morgan fingerprint density at radius 1 is 1.17 bits per heavy atom. The average Bonchev–Trinajstić information content (AvgIpc) is 3.51. The number of anilines is 1. The Hall–Kier alpha value is -2.89. The molecule has 1 aliphatic heterocycles. The molecule has 0 spiro atoms. The highest BCUT2D eigenvalue weighted by atomic mass is 16.6. The van der Waals surface area contributed by atoms with Gasteiger partial charge in [-0.2, -0.15) is 0 Å². The monoisotopic (exact) mass is 407 g/mol. The molecule has 2 heterocycles. The Morgan fingerprint density at radius 2 is 1.93 bits per heavy atom. The number of nitrogens with one attached hydrogen (secondary N) is 1. The molecule has 1 N–H and O–H groups in total. The second kappa shape index (κ2) is 7.74. The van der Waals surface area contributed by atoms with Crippen molar-refractivity contribution in [2.75, 3.05) is 11.9 Å². The zero-order valence-electron chi connectivity index (χ0n) is 18.1. The van der Waals surface area contributed by atoms with Crippen LogP contribution in [0.1, 0.15) is 79.4 Å². The summed E-state index contributed by atoms with van der Waals surface area (Å²) < 4.78 is 5.53. The van der Waals surface area contributed by atoms with Crippen molar-refractivity contribution in [1.29, 1.82) is 0 Å². The molecule has 1 atom stereocenters. The third-order valence-electron chi connectivity index (χ3n) is 5.51. The van der Waals surface area contributed by atoms with E-state index in [0.717, 1.165) is 5.56 Å². The SMILES string of the molecule is CC1CN(C(=O)OC(C)(C)C)Cc2cc(C(=O)Nc3cncc(C4CC4)c3)ccc21. The van der Waals surface area contributed by atoms with E-state index in [9.17, 15) is 9.59 Å². The molecule has 1 aromatic heterocycles. The topological polar surface area (TPSA) is 71.5 Å². The van der Waals surface area contributed by atoms with Crippen molar-refractivity contribution in [3.05, 3.63) is 58.9 Å². The molecule has 4 rings (SSSR count). The van der Waals surface area contributed by atoms with E-state index in [-0.39, 0.29) is 17.9 Å². The Kier molecular flexibility index (Phi) is 5.26. The van der Waals surface area contributed by atoms with Crippen molar-refractivity contribution in [2.24, 2.45) is 0 Å². The molecule has 6 heteroatoms. The fourth-order valence-electron chi connectivity index (χ4n) is 3.90. The molecule has 2 aliphatic rings. The summed E-state index contributed by atoms with van der Waals surface area (Å²) in [6.07, 6.45) is 5.61. The molecule has 6 nitrogen and oxygen atoms in total. The summed E-state index contributed by atoms with van der Waals surface area (Å²) in [5, 5.41) is 2.96. The number of benzene rings is 1. The Labute approximate surface area is 177 Å². The van der Waals surface area contributed by atoms with Crippen molar-refractivity contribution in [1.82, 2.24) is 9.88 Å². The molecule has 1 saturated carbocycles. The van der Waals surface area contributed by atoms with Gasteiger partial charge in [-0.05, 0) is 80.3 Å². The number of nitrogens with zero attached hydrogens (tertiary/aromatic N) is 2. The van der Waals surface area contributed by atoms with Crippen LogP contribution in [-0.2, 0) is 11.3 Å². The first kappa shape index (κ1) is 20.4. The first-order chi connectivity index (χ1) is 14.2. The van der Waals surface area contributed by atoms with Crippen LogP contribution in [0.4, 0.5) is 10.5 Å². The lowest BCUT2D eigenvalue weighted by atomic mass is 9.90. The summed E-state index contributed by atoms with van der Waals surface area (Å²) >= 11 is 0. The summed E-state index contributed by atoms with van der Waals surface area (Å²) in [6, 6.07) is 7.75. The molecule has 2 aromatic rings. The largest absolute Gasteiger partial charge is 0.444 e. The zero-order chi connectivity index (χ0) is 21.5. The average molecular weight is 408 g/mol. The number of amides is 2. The minimum Gasteiger partial charge on any atom is -0.444 e. The van der Waals surface area contributed by atoms with Gasteiger partial charge in [0.2, 0.25) is 0 Å². The van der Waals surface area contributed by atoms with Gasteiger partial charge in [0.1, 0.15) is 5.60 Å². The van der Waals surface area contributed by atoms with Crippen LogP contribution in [-0.4, -0.2) is 34.0 Å². The summed E-state index contributed by atoms with van der Waals surface area (Å²) in [5.41, 5.74) is 4.08. The van der Waals surface area contributed by atoms with Gasteiger partial charge in [0, 0.05) is 24.8 Å². The van der Waals surface area contributed by atoms with Gasteiger partial charge >= 0.3 is 6.09 Å². The van der Waals surface area contributed by atoms with Crippen LogP contribution >= 0.6 is 0 Å². The normalized spacial score (nSPS) is 18.5. The summed E-state index contributed by atoms with van der Waals surface area (Å²) in [7, 11) is 0. The first-order valence-corrected chi connectivity index (χ1v) is 10.6. The maximum atomic E-state index is 12.8. The van der Waals surface area contributed by atoms with Crippen molar-refractivity contribution in [3.63, 3.8) is 0 Å². The molecular weight excluding hydrogens is 378 g/mol. The van der Waals surface area contributed by atoms with Crippen LogP contribution in [0.3, 0.4) is 0 Å². The highest BCUT2D eigenvalue weighted by Gasteiger charge is 2.29. The quantitative estimate of drug-likeness (QED) is 0.771. The number of carbonyl (C=O) groups excluding carboxylic acids is 2. The minimum atomic E-state index is -0.536. The smallest absolute Gasteiger partial charge is 0.410 e. The number of rotatable bonds is 3. The van der Waals surface area contributed by atoms with E-state index >= 15 is 0 Å². The molecule has 1 unspecified atom stereocenters. The van der Waals surface area contributed by atoms with E-state index in [1.54, 1.807) is 11.1 Å². The van der Waals surface area contributed by atoms with Gasteiger partial charge in [-0.1, -0.05) is 13.0 Å². The summed E-state index contributed by atoms with van der Waals surface area (Å²) in [6.45, 7) is 8.72. The van der Waals surface area contributed by atoms with Gasteiger partial charge < -0.3 is 15.0 Å². The van der Waals surface area contributed by atoms with Gasteiger partial charge in [0.05, 0.1) is 11.9 Å². The van der Waals surface area contributed by atoms with E-state index in [1.807, 2.05) is 51.2 Å². The van der Waals surface area contributed by atoms with Crippen LogP contribution < -0.4 is 5.32 Å². The maximum absolute atomic E-state index is 12.8. The molecule has 1 aliphatic carbocycles. The predicted molar refractivity (Wildman–Crippen MR) is 116 cm³/mol. The molecule has 0 bridgehead atoms. The van der Waals surface area contributed by atoms with E-state index in [4.69, 9.17) is 4.74 Å². The minimum absolute atomic E-state index is 0.172. The number of hydrogen-bond donors (Lipinski definition) is 1. The number of fused-ring (bicyclic) bond motifs is 1. The lowest BCUT2D eigenvalue weighted by Gasteiger charge is -2.34. The number of hydrogen-bond acceptors (Lipinski definition) is 4. The van der Waals surface area contributed by atoms with Gasteiger partial charge in [0.25, 0.3) is 5.91 Å². The van der Waals surface area contributed by atoms with Gasteiger partial charge in [-0.3, -0.25) is 9.78 Å². The maximum Gasteiger partial charge on any atom is 0.410 e. The van der Waals surface area contributed by atoms with E-state index < -0.39 is 5.60 Å². The lowest BCUT2D eigenvalue weighted by Crippen LogP contribution is -2.41. The van der Waals surface area contributed by atoms with Crippen LogP contribution in [0.25, 0.3) is 0 Å². The summed E-state index contributed by atoms with van der Waals surface area (Å²) in [5.74, 6) is 0.589. The van der Waals surface area contributed by atoms with Crippen molar-refractivity contribution >= 4 is 17.7 Å². The molecule has 158 valence electrons. The van der Waals surface area contributed by atoms with Crippen LogP contribution in [0, 0.1) is 0 Å². The van der Waals surface area contributed by atoms with Crippen molar-refractivity contribution in [3.8, 4) is 0 Å². The Balaban J connectivity index is 1.50. The predicted octanol–water partition coefficient (Wildman–Crippen LogP) is 5.07. The van der Waals surface area contributed by atoms with Crippen molar-refractivity contribution < 1.29 is 14.3 Å². The van der Waals surface area contributed by atoms with Crippen LogP contribution in [0.5, 0.6) is 0 Å². The number of aromatic nitrogens is 1. The van der Waals surface area contributed by atoms with Crippen LogP contribution in [0.2, 0.25) is 0 Å². The number of pyridine rings is 1.